The highest BCUT2D eigenvalue weighted by Gasteiger charge is 2.37. The van der Waals surface area contributed by atoms with Crippen LogP contribution in [0.3, 0.4) is 0 Å². The van der Waals surface area contributed by atoms with Crippen LogP contribution in [0, 0.1) is 0 Å². The van der Waals surface area contributed by atoms with Gasteiger partial charge in [0.25, 0.3) is 0 Å². The van der Waals surface area contributed by atoms with Gasteiger partial charge in [-0.2, -0.15) is 0 Å². The second-order valence-electron chi connectivity index (χ2n) is 4.61. The number of rotatable bonds is 1. The van der Waals surface area contributed by atoms with Crippen LogP contribution in [-0.4, -0.2) is 72.5 Å². The zero-order chi connectivity index (χ0) is 13.3. The second kappa shape index (κ2) is 4.75. The van der Waals surface area contributed by atoms with Crippen molar-refractivity contribution in [3.05, 3.63) is 0 Å². The fourth-order valence-electron chi connectivity index (χ4n) is 2.34. The van der Waals surface area contributed by atoms with Gasteiger partial charge in [0, 0.05) is 19.6 Å². The Hall–Kier alpha value is -1.31. The van der Waals surface area contributed by atoms with Gasteiger partial charge in [-0.05, 0) is 12.8 Å². The predicted molar refractivity (Wildman–Crippen MR) is 63.0 cm³/mol. The molecule has 0 spiro atoms. The van der Waals surface area contributed by atoms with Crippen LogP contribution in [0.15, 0.2) is 0 Å². The summed E-state index contributed by atoms with van der Waals surface area (Å²) in [7, 11) is -3.03. The third kappa shape index (κ3) is 2.58. The minimum Gasteiger partial charge on any atom is -0.480 e. The van der Waals surface area contributed by atoms with Crippen LogP contribution in [0.25, 0.3) is 0 Å². The van der Waals surface area contributed by atoms with Crippen LogP contribution < -0.4 is 0 Å². The van der Waals surface area contributed by atoms with Gasteiger partial charge in [0.15, 0.2) is 9.84 Å². The first-order chi connectivity index (χ1) is 8.41. The molecule has 2 rings (SSSR count). The summed E-state index contributed by atoms with van der Waals surface area (Å²) in [5, 5.41) is 9.01. The minimum atomic E-state index is -3.03. The van der Waals surface area contributed by atoms with Crippen molar-refractivity contribution in [3.63, 3.8) is 0 Å². The standard InChI is InChI=1S/C10H16N2O5S/c13-9(14)8-2-1-3-12(8)10(15)11-4-6-18(16,17)7-5-11/h8H,1-7H2,(H,13,14)/t8-/m0/s1. The van der Waals surface area contributed by atoms with Gasteiger partial charge in [0.05, 0.1) is 11.5 Å². The summed E-state index contributed by atoms with van der Waals surface area (Å²) in [6.45, 7) is 0.743. The molecule has 0 aromatic heterocycles. The lowest BCUT2D eigenvalue weighted by molar-refractivity contribution is -0.141. The van der Waals surface area contributed by atoms with Gasteiger partial charge in [0.1, 0.15) is 6.04 Å². The van der Waals surface area contributed by atoms with Gasteiger partial charge in [-0.1, -0.05) is 0 Å². The van der Waals surface area contributed by atoms with Gasteiger partial charge in [-0.15, -0.1) is 0 Å². The van der Waals surface area contributed by atoms with Crippen molar-refractivity contribution in [2.24, 2.45) is 0 Å². The molecule has 2 amide bonds. The molecule has 0 unspecified atom stereocenters. The van der Waals surface area contributed by atoms with Gasteiger partial charge >= 0.3 is 12.0 Å². The van der Waals surface area contributed by atoms with Crippen LogP contribution in [0.2, 0.25) is 0 Å². The number of aliphatic carboxylic acids is 1. The molecule has 7 nitrogen and oxygen atoms in total. The number of nitrogens with zero attached hydrogens (tertiary/aromatic N) is 2. The molecule has 1 atom stereocenters. The van der Waals surface area contributed by atoms with Crippen LogP contribution >= 0.6 is 0 Å². The van der Waals surface area contributed by atoms with Crippen molar-refractivity contribution in [2.75, 3.05) is 31.1 Å². The van der Waals surface area contributed by atoms with Gasteiger partial charge in [-0.3, -0.25) is 0 Å². The van der Waals surface area contributed by atoms with E-state index < -0.39 is 21.8 Å². The van der Waals surface area contributed by atoms with E-state index in [1.165, 1.54) is 9.80 Å². The molecule has 2 saturated heterocycles. The lowest BCUT2D eigenvalue weighted by atomic mass is 10.2. The Bertz CT molecular complexity index is 447. The minimum absolute atomic E-state index is 0.0374. The van der Waals surface area contributed by atoms with E-state index in [4.69, 9.17) is 5.11 Å². The van der Waals surface area contributed by atoms with Crippen LogP contribution in [0.5, 0.6) is 0 Å². The second-order valence-corrected chi connectivity index (χ2v) is 6.91. The molecule has 2 aliphatic rings. The van der Waals surface area contributed by atoms with Gasteiger partial charge < -0.3 is 14.9 Å². The molecule has 0 saturated carbocycles. The average molecular weight is 276 g/mol. The first-order valence-electron chi connectivity index (χ1n) is 5.89. The van der Waals surface area contributed by atoms with E-state index in [-0.39, 0.29) is 30.6 Å². The molecule has 2 fully saturated rings. The molecule has 0 bridgehead atoms. The summed E-state index contributed by atoms with van der Waals surface area (Å²) in [5.41, 5.74) is 0. The summed E-state index contributed by atoms with van der Waals surface area (Å²) < 4.78 is 22.5. The number of hydrogen-bond acceptors (Lipinski definition) is 4. The van der Waals surface area contributed by atoms with E-state index in [1.807, 2.05) is 0 Å². The quantitative estimate of drug-likeness (QED) is 0.689. The largest absolute Gasteiger partial charge is 0.480 e. The monoisotopic (exact) mass is 276 g/mol. The lowest BCUT2D eigenvalue weighted by Gasteiger charge is -2.32. The molecular formula is C10H16N2O5S. The van der Waals surface area contributed by atoms with Crippen LogP contribution in [-0.2, 0) is 14.6 Å². The van der Waals surface area contributed by atoms with E-state index in [2.05, 4.69) is 0 Å². The number of amides is 2. The van der Waals surface area contributed by atoms with Crippen molar-refractivity contribution < 1.29 is 23.1 Å². The van der Waals surface area contributed by atoms with E-state index in [9.17, 15) is 18.0 Å². The third-order valence-corrected chi connectivity index (χ3v) is 5.01. The number of sulfone groups is 1. The Morgan fingerprint density at radius 3 is 2.28 bits per heavy atom. The van der Waals surface area contributed by atoms with E-state index in [1.54, 1.807) is 0 Å². The Kier molecular flexibility index (Phi) is 3.47. The van der Waals surface area contributed by atoms with Crippen molar-refractivity contribution in [3.8, 4) is 0 Å². The first kappa shape index (κ1) is 13.1. The summed E-state index contributed by atoms with van der Waals surface area (Å²) in [6, 6.07) is -1.12. The Morgan fingerprint density at radius 1 is 1.11 bits per heavy atom. The molecule has 0 aliphatic carbocycles. The Morgan fingerprint density at radius 2 is 1.72 bits per heavy atom. The molecule has 8 heteroatoms. The predicted octanol–water partition coefficient (Wildman–Crippen LogP) is -0.614. The first-order valence-corrected chi connectivity index (χ1v) is 7.71. The van der Waals surface area contributed by atoms with Crippen molar-refractivity contribution >= 4 is 21.8 Å². The number of carbonyl (C=O) groups is 2. The smallest absolute Gasteiger partial charge is 0.326 e. The molecule has 0 aromatic rings. The molecule has 0 radical (unpaired) electrons. The molecule has 102 valence electrons. The van der Waals surface area contributed by atoms with Crippen LogP contribution in [0.4, 0.5) is 4.79 Å². The normalized spacial score (nSPS) is 27.2. The number of urea groups is 1. The molecule has 2 aliphatic heterocycles. The zero-order valence-electron chi connectivity index (χ0n) is 9.91. The molecular weight excluding hydrogens is 260 g/mol. The summed E-state index contributed by atoms with van der Waals surface area (Å²) in [5.74, 6) is -1.07. The van der Waals surface area contributed by atoms with E-state index in [0.29, 0.717) is 19.4 Å². The maximum absolute atomic E-state index is 12.1. The summed E-state index contributed by atoms with van der Waals surface area (Å²) in [6.07, 6.45) is 1.14. The highest BCUT2D eigenvalue weighted by atomic mass is 32.2. The molecule has 0 aromatic carbocycles. The van der Waals surface area contributed by atoms with Crippen LogP contribution in [0.1, 0.15) is 12.8 Å². The van der Waals surface area contributed by atoms with Crippen molar-refractivity contribution in [2.45, 2.75) is 18.9 Å². The highest BCUT2D eigenvalue weighted by Crippen LogP contribution is 2.20. The fourth-order valence-corrected chi connectivity index (χ4v) is 3.54. The Balaban J connectivity index is 2.02. The maximum atomic E-state index is 12.1. The van der Waals surface area contributed by atoms with Crippen molar-refractivity contribution in [1.29, 1.82) is 0 Å². The SMILES string of the molecule is O=C(O)[C@@H]1CCCN1C(=O)N1CCS(=O)(=O)CC1. The maximum Gasteiger partial charge on any atom is 0.326 e. The number of likely N-dealkylation sites (tertiary alicyclic amines) is 1. The molecule has 18 heavy (non-hydrogen) atoms. The fraction of sp³-hybridized carbons (Fsp3) is 0.800. The third-order valence-electron chi connectivity index (χ3n) is 3.40. The summed E-state index contributed by atoms with van der Waals surface area (Å²) >= 11 is 0. The zero-order valence-corrected chi connectivity index (χ0v) is 10.7. The van der Waals surface area contributed by atoms with Crippen molar-refractivity contribution in [1.82, 2.24) is 9.80 Å². The molecule has 1 N–H and O–H groups in total. The molecule has 2 heterocycles. The average Bonchev–Trinajstić information content (AvgIpc) is 2.77. The lowest BCUT2D eigenvalue weighted by Crippen LogP contribution is -2.52. The number of carboxylic acid groups (broad SMARTS) is 1. The Labute approximate surface area is 105 Å². The van der Waals surface area contributed by atoms with Gasteiger partial charge in [0.2, 0.25) is 0 Å². The number of carboxylic acids is 1. The van der Waals surface area contributed by atoms with Gasteiger partial charge in [-0.25, -0.2) is 18.0 Å². The van der Waals surface area contributed by atoms with E-state index in [0.717, 1.165) is 0 Å². The topological polar surface area (TPSA) is 95.0 Å². The van der Waals surface area contributed by atoms with E-state index >= 15 is 0 Å². The number of hydrogen-bond donors (Lipinski definition) is 1. The highest BCUT2D eigenvalue weighted by molar-refractivity contribution is 7.91. The number of carbonyl (C=O) groups excluding carboxylic acids is 1. The summed E-state index contributed by atoms with van der Waals surface area (Å²) in [4.78, 5) is 25.9.